The van der Waals surface area contributed by atoms with Gasteiger partial charge in [-0.2, -0.15) is 0 Å². The monoisotopic (exact) mass is 404 g/mol. The van der Waals surface area contributed by atoms with Gasteiger partial charge in [0.1, 0.15) is 5.82 Å². The summed E-state index contributed by atoms with van der Waals surface area (Å²) >= 11 is 4.46. The number of aliphatic imine (C=N–C) groups is 1. The summed E-state index contributed by atoms with van der Waals surface area (Å²) in [4.78, 5) is 16.2. The minimum atomic E-state index is -0.305. The number of hydrogen-bond donors (Lipinski definition) is 1. The maximum absolute atomic E-state index is 12.8. The van der Waals surface area contributed by atoms with Crippen molar-refractivity contribution in [3.63, 3.8) is 0 Å². The van der Waals surface area contributed by atoms with Crippen LogP contribution in [-0.4, -0.2) is 22.3 Å². The molecular weight excluding hydrogens is 395 g/mol. The van der Waals surface area contributed by atoms with Gasteiger partial charge in [0.05, 0.1) is 0 Å². The zero-order chi connectivity index (χ0) is 16.9. The second-order valence-corrected chi connectivity index (χ2v) is 6.53. The highest BCUT2D eigenvalue weighted by Crippen LogP contribution is 2.23. The molecule has 24 heavy (non-hydrogen) atoms. The second-order valence-electron chi connectivity index (χ2n) is 4.66. The number of halogens is 2. The predicted molar refractivity (Wildman–Crippen MR) is 95.7 cm³/mol. The average molecular weight is 405 g/mol. The molecule has 5 nitrogen and oxygen atoms in total. The Bertz CT molecular complexity index is 878. The maximum atomic E-state index is 12.8. The van der Waals surface area contributed by atoms with Crippen LogP contribution in [0.25, 0.3) is 0 Å². The van der Waals surface area contributed by atoms with Crippen molar-refractivity contribution in [1.29, 1.82) is 0 Å². The molecular formula is C16H10BrFN4OS. The maximum Gasteiger partial charge on any atom is 0.257 e. The summed E-state index contributed by atoms with van der Waals surface area (Å²) in [6.07, 6.45) is 1.56. The number of carbonyl (C=O) groups is 1. The zero-order valence-electron chi connectivity index (χ0n) is 12.1. The molecule has 120 valence electrons. The van der Waals surface area contributed by atoms with Gasteiger partial charge in [-0.3, -0.25) is 10.1 Å². The Morgan fingerprint density at radius 1 is 1.12 bits per heavy atom. The first-order chi connectivity index (χ1) is 11.6. The number of rotatable bonds is 4. The molecule has 1 aromatic heterocycles. The van der Waals surface area contributed by atoms with E-state index in [0.717, 1.165) is 21.4 Å². The molecule has 0 bridgehead atoms. The molecule has 0 saturated carbocycles. The Morgan fingerprint density at radius 2 is 1.83 bits per heavy atom. The number of nitrogens with zero attached hydrogens (tertiary/aromatic N) is 3. The fourth-order valence-corrected chi connectivity index (χ4v) is 2.62. The minimum absolute atomic E-state index is 0.271. The SMILES string of the molecule is O=C(Nc1nnc(/N=C/c2ccc(F)cc2)s1)c1ccc(Br)cc1. The van der Waals surface area contributed by atoms with Crippen LogP contribution >= 0.6 is 27.3 Å². The number of carbonyl (C=O) groups excluding carboxylic acids is 1. The number of aromatic nitrogens is 2. The van der Waals surface area contributed by atoms with Gasteiger partial charge in [0.2, 0.25) is 10.3 Å². The molecule has 1 heterocycles. The summed E-state index contributed by atoms with van der Waals surface area (Å²) in [5.41, 5.74) is 1.26. The van der Waals surface area contributed by atoms with Crippen molar-refractivity contribution in [2.75, 3.05) is 5.32 Å². The van der Waals surface area contributed by atoms with Gasteiger partial charge < -0.3 is 0 Å². The van der Waals surface area contributed by atoms with E-state index in [1.165, 1.54) is 12.1 Å². The Morgan fingerprint density at radius 3 is 2.54 bits per heavy atom. The fourth-order valence-electron chi connectivity index (χ4n) is 1.77. The summed E-state index contributed by atoms with van der Waals surface area (Å²) in [6, 6.07) is 12.9. The van der Waals surface area contributed by atoms with Gasteiger partial charge >= 0.3 is 0 Å². The topological polar surface area (TPSA) is 67.2 Å². The second kappa shape index (κ2) is 7.41. The van der Waals surface area contributed by atoms with Crippen molar-refractivity contribution >= 4 is 49.7 Å². The molecule has 0 saturated heterocycles. The van der Waals surface area contributed by atoms with Gasteiger partial charge in [0.25, 0.3) is 5.91 Å². The van der Waals surface area contributed by atoms with Crippen LogP contribution < -0.4 is 5.32 Å². The first-order valence-corrected chi connectivity index (χ1v) is 8.41. The van der Waals surface area contributed by atoms with Crippen molar-refractivity contribution in [2.45, 2.75) is 0 Å². The first kappa shape index (κ1) is 16.4. The summed E-state index contributed by atoms with van der Waals surface area (Å²) in [5, 5.41) is 11.2. The van der Waals surface area contributed by atoms with Crippen LogP contribution in [-0.2, 0) is 0 Å². The molecule has 0 unspecified atom stereocenters. The summed E-state index contributed by atoms with van der Waals surface area (Å²) in [5.74, 6) is -0.575. The van der Waals surface area contributed by atoms with Gasteiger partial charge in [-0.1, -0.05) is 39.4 Å². The lowest BCUT2D eigenvalue weighted by atomic mass is 10.2. The highest BCUT2D eigenvalue weighted by molar-refractivity contribution is 9.10. The van der Waals surface area contributed by atoms with Crippen LogP contribution in [0.15, 0.2) is 58.0 Å². The molecule has 8 heteroatoms. The Labute approximate surface area is 149 Å². The molecule has 2 aromatic carbocycles. The average Bonchev–Trinajstić information content (AvgIpc) is 3.02. The third kappa shape index (κ3) is 4.30. The molecule has 0 fully saturated rings. The van der Waals surface area contributed by atoms with Crippen molar-refractivity contribution in [3.05, 3.63) is 69.9 Å². The first-order valence-electron chi connectivity index (χ1n) is 6.80. The van der Waals surface area contributed by atoms with Gasteiger partial charge in [-0.15, -0.1) is 10.2 Å². The quantitative estimate of drug-likeness (QED) is 0.653. The van der Waals surface area contributed by atoms with Crippen LogP contribution in [0.2, 0.25) is 0 Å². The van der Waals surface area contributed by atoms with Gasteiger partial charge in [0.15, 0.2) is 0 Å². The molecule has 3 aromatic rings. The standard InChI is InChI=1S/C16H10BrFN4OS/c17-12-5-3-11(4-6-12)14(23)20-16-22-21-15(24-16)19-9-10-1-7-13(18)8-2-10/h1-9H,(H,20,22,23)/b19-9+. The third-order valence-electron chi connectivity index (χ3n) is 2.94. The molecule has 0 aliphatic rings. The van der Waals surface area contributed by atoms with Gasteiger partial charge in [-0.05, 0) is 42.0 Å². The van der Waals surface area contributed by atoms with Crippen LogP contribution in [0.5, 0.6) is 0 Å². The predicted octanol–water partition coefficient (Wildman–Crippen LogP) is 4.44. The Kier molecular flexibility index (Phi) is 5.07. The van der Waals surface area contributed by atoms with E-state index < -0.39 is 0 Å². The number of nitrogens with one attached hydrogen (secondary N) is 1. The van der Waals surface area contributed by atoms with Crippen LogP contribution in [0.3, 0.4) is 0 Å². The minimum Gasteiger partial charge on any atom is -0.296 e. The van der Waals surface area contributed by atoms with Crippen LogP contribution in [0.4, 0.5) is 14.7 Å². The lowest BCUT2D eigenvalue weighted by molar-refractivity contribution is 0.102. The molecule has 0 aliphatic heterocycles. The fraction of sp³-hybridized carbons (Fsp3) is 0. The van der Waals surface area contributed by atoms with Gasteiger partial charge in [0, 0.05) is 16.3 Å². The van der Waals surface area contributed by atoms with Gasteiger partial charge in [-0.25, -0.2) is 9.38 Å². The third-order valence-corrected chi connectivity index (χ3v) is 4.21. The molecule has 1 amide bonds. The number of anilines is 1. The van der Waals surface area contributed by atoms with Crippen molar-refractivity contribution in [1.82, 2.24) is 10.2 Å². The van der Waals surface area contributed by atoms with E-state index in [4.69, 9.17) is 0 Å². The number of hydrogen-bond acceptors (Lipinski definition) is 5. The van der Waals surface area contributed by atoms with E-state index in [2.05, 4.69) is 36.4 Å². The smallest absolute Gasteiger partial charge is 0.257 e. The molecule has 0 aliphatic carbocycles. The van der Waals surface area contributed by atoms with Crippen molar-refractivity contribution in [3.8, 4) is 0 Å². The number of amides is 1. The van der Waals surface area contributed by atoms with Crippen LogP contribution in [0, 0.1) is 5.82 Å². The lowest BCUT2D eigenvalue weighted by Crippen LogP contribution is -2.11. The largest absolute Gasteiger partial charge is 0.296 e. The highest BCUT2D eigenvalue weighted by Gasteiger charge is 2.09. The molecule has 0 radical (unpaired) electrons. The van der Waals surface area contributed by atoms with E-state index in [0.29, 0.717) is 15.8 Å². The van der Waals surface area contributed by atoms with E-state index in [9.17, 15) is 9.18 Å². The van der Waals surface area contributed by atoms with E-state index in [-0.39, 0.29) is 11.7 Å². The molecule has 3 rings (SSSR count). The number of benzene rings is 2. The normalized spacial score (nSPS) is 10.9. The van der Waals surface area contributed by atoms with E-state index in [1.54, 1.807) is 42.6 Å². The zero-order valence-corrected chi connectivity index (χ0v) is 14.5. The summed E-state index contributed by atoms with van der Waals surface area (Å²) in [7, 11) is 0. The van der Waals surface area contributed by atoms with Crippen molar-refractivity contribution < 1.29 is 9.18 Å². The lowest BCUT2D eigenvalue weighted by Gasteiger charge is -2.00. The van der Waals surface area contributed by atoms with E-state index in [1.807, 2.05) is 0 Å². The summed E-state index contributed by atoms with van der Waals surface area (Å²) < 4.78 is 13.7. The molecule has 0 spiro atoms. The molecule has 1 N–H and O–H groups in total. The molecule has 0 atom stereocenters. The Hall–Kier alpha value is -2.45. The van der Waals surface area contributed by atoms with Crippen molar-refractivity contribution in [2.24, 2.45) is 4.99 Å². The highest BCUT2D eigenvalue weighted by atomic mass is 79.9. The Balaban J connectivity index is 1.65. The van der Waals surface area contributed by atoms with Crippen LogP contribution in [0.1, 0.15) is 15.9 Å². The van der Waals surface area contributed by atoms with E-state index >= 15 is 0 Å². The summed E-state index contributed by atoms with van der Waals surface area (Å²) in [6.45, 7) is 0.